The summed E-state index contributed by atoms with van der Waals surface area (Å²) in [5.74, 6) is -0.287. The molecule has 29 heavy (non-hydrogen) atoms. The van der Waals surface area contributed by atoms with Crippen molar-refractivity contribution < 1.29 is 26.4 Å². The lowest BCUT2D eigenvalue weighted by atomic mass is 10.2. The lowest BCUT2D eigenvalue weighted by Gasteiger charge is -2.10. The highest BCUT2D eigenvalue weighted by atomic mass is 32.2. The van der Waals surface area contributed by atoms with E-state index < -0.39 is 33.1 Å². The quantitative estimate of drug-likeness (QED) is 0.628. The van der Waals surface area contributed by atoms with Crippen molar-refractivity contribution in [2.24, 2.45) is 0 Å². The van der Waals surface area contributed by atoms with Gasteiger partial charge in [-0.05, 0) is 24.3 Å². The van der Waals surface area contributed by atoms with Gasteiger partial charge in [0.15, 0.2) is 32.9 Å². The molecule has 1 aromatic carbocycles. The molecule has 0 aliphatic carbocycles. The van der Waals surface area contributed by atoms with Crippen molar-refractivity contribution in [3.05, 3.63) is 59.9 Å². The maximum atomic E-state index is 13.3. The minimum absolute atomic E-state index is 0.125. The molecule has 8 nitrogen and oxygen atoms in total. The summed E-state index contributed by atoms with van der Waals surface area (Å²) in [6, 6.07) is 11.9. The zero-order valence-corrected chi connectivity index (χ0v) is 15.5. The first-order chi connectivity index (χ1) is 13.6. The lowest BCUT2D eigenvalue weighted by Crippen LogP contribution is -2.12. The average Bonchev–Trinajstić information content (AvgIpc) is 3.05. The molecule has 2 aromatic heterocycles. The summed E-state index contributed by atoms with van der Waals surface area (Å²) in [5, 5.41) is 12.7. The molecule has 0 fully saturated rings. The molecule has 3 aromatic rings. The molecule has 2 heterocycles. The van der Waals surface area contributed by atoms with Crippen molar-refractivity contribution in [2.75, 3.05) is 11.7 Å². The maximum Gasteiger partial charge on any atom is 0.436 e. The van der Waals surface area contributed by atoms with Gasteiger partial charge in [0, 0.05) is 12.5 Å². The van der Waals surface area contributed by atoms with Crippen molar-refractivity contribution in [1.82, 2.24) is 14.8 Å². The Balaban J connectivity index is 2.09. The van der Waals surface area contributed by atoms with Gasteiger partial charge in [0.1, 0.15) is 11.6 Å². The van der Waals surface area contributed by atoms with Gasteiger partial charge in [-0.15, -0.1) is 0 Å². The van der Waals surface area contributed by atoms with Crippen LogP contribution in [0.25, 0.3) is 5.82 Å². The first-order valence-corrected chi connectivity index (χ1v) is 9.75. The summed E-state index contributed by atoms with van der Waals surface area (Å²) >= 11 is 0. The molecular weight excluding hydrogens is 411 g/mol. The summed E-state index contributed by atoms with van der Waals surface area (Å²) in [6.45, 7) is 0. The van der Waals surface area contributed by atoms with Gasteiger partial charge in [0.05, 0.1) is 4.90 Å². The van der Waals surface area contributed by atoms with E-state index >= 15 is 0 Å². The van der Waals surface area contributed by atoms with Crippen LogP contribution in [0.5, 0.6) is 5.75 Å². The highest BCUT2D eigenvalue weighted by Gasteiger charge is 2.40. The molecule has 1 N–H and O–H groups in total. The largest absolute Gasteiger partial charge is 0.436 e. The third-order valence-electron chi connectivity index (χ3n) is 3.64. The predicted molar refractivity (Wildman–Crippen MR) is 94.9 cm³/mol. The SMILES string of the molecule is CS(=O)(=O)c1ccc(-n2nc(C(F)(F)F)c(C#N)c2NOc2ccccc2)nc1. The van der Waals surface area contributed by atoms with Crippen LogP contribution in [0.1, 0.15) is 11.3 Å². The Hall–Kier alpha value is -3.59. The molecule has 0 radical (unpaired) electrons. The van der Waals surface area contributed by atoms with Crippen LogP contribution in [0.2, 0.25) is 0 Å². The van der Waals surface area contributed by atoms with E-state index in [1.54, 1.807) is 30.3 Å². The summed E-state index contributed by atoms with van der Waals surface area (Å²) in [4.78, 5) is 8.97. The van der Waals surface area contributed by atoms with Crippen molar-refractivity contribution in [1.29, 1.82) is 5.26 Å². The van der Waals surface area contributed by atoms with Gasteiger partial charge in [0.2, 0.25) is 0 Å². The molecule has 0 saturated heterocycles. The fraction of sp³-hybridized carbons (Fsp3) is 0.118. The predicted octanol–water partition coefficient (Wildman–Crippen LogP) is 2.97. The number of benzene rings is 1. The number of hydrogen-bond acceptors (Lipinski definition) is 7. The molecule has 150 valence electrons. The third kappa shape index (κ3) is 4.30. The number of hydrogen-bond donors (Lipinski definition) is 1. The number of aromatic nitrogens is 3. The molecule has 12 heteroatoms. The summed E-state index contributed by atoms with van der Waals surface area (Å²) in [7, 11) is -3.55. The smallest absolute Gasteiger partial charge is 0.381 e. The Morgan fingerprint density at radius 1 is 1.17 bits per heavy atom. The summed E-state index contributed by atoms with van der Waals surface area (Å²) < 4.78 is 63.8. The highest BCUT2D eigenvalue weighted by molar-refractivity contribution is 7.90. The van der Waals surface area contributed by atoms with E-state index in [4.69, 9.17) is 4.84 Å². The fourth-order valence-corrected chi connectivity index (χ4v) is 2.85. The number of rotatable bonds is 5. The van der Waals surface area contributed by atoms with E-state index in [-0.39, 0.29) is 16.5 Å². The van der Waals surface area contributed by atoms with Crippen LogP contribution in [0.4, 0.5) is 19.0 Å². The number of nitriles is 1. The number of nitrogens with one attached hydrogen (secondary N) is 1. The molecule has 0 spiro atoms. The number of nitrogens with zero attached hydrogens (tertiary/aromatic N) is 4. The van der Waals surface area contributed by atoms with E-state index in [0.29, 0.717) is 0 Å². The minimum atomic E-state index is -4.91. The van der Waals surface area contributed by atoms with Crippen LogP contribution in [0.15, 0.2) is 53.6 Å². The van der Waals surface area contributed by atoms with Gasteiger partial charge >= 0.3 is 6.18 Å². The molecule has 0 saturated carbocycles. The molecule has 0 bridgehead atoms. The van der Waals surface area contributed by atoms with Crippen molar-refractivity contribution in [3.8, 4) is 17.6 Å². The second-order valence-electron chi connectivity index (χ2n) is 5.74. The fourth-order valence-electron chi connectivity index (χ4n) is 2.30. The Morgan fingerprint density at radius 2 is 1.86 bits per heavy atom. The lowest BCUT2D eigenvalue weighted by molar-refractivity contribution is -0.141. The van der Waals surface area contributed by atoms with E-state index in [9.17, 15) is 26.9 Å². The van der Waals surface area contributed by atoms with E-state index in [2.05, 4.69) is 15.6 Å². The van der Waals surface area contributed by atoms with Gasteiger partial charge in [0.25, 0.3) is 0 Å². The Kier molecular flexibility index (Phi) is 5.17. The van der Waals surface area contributed by atoms with Crippen molar-refractivity contribution in [2.45, 2.75) is 11.1 Å². The average molecular weight is 423 g/mol. The summed E-state index contributed by atoms with van der Waals surface area (Å²) in [5.41, 5.74) is 0.0644. The Labute approximate surface area is 163 Å². The molecule has 0 amide bonds. The van der Waals surface area contributed by atoms with Gasteiger partial charge in [-0.25, -0.2) is 18.9 Å². The van der Waals surface area contributed by atoms with Crippen LogP contribution >= 0.6 is 0 Å². The number of alkyl halides is 3. The van der Waals surface area contributed by atoms with Crippen LogP contribution < -0.4 is 10.3 Å². The first-order valence-electron chi connectivity index (χ1n) is 7.86. The molecule has 3 rings (SSSR count). The van der Waals surface area contributed by atoms with Crippen molar-refractivity contribution in [3.63, 3.8) is 0 Å². The number of pyridine rings is 1. The maximum absolute atomic E-state index is 13.3. The Bertz CT molecular complexity index is 1170. The van der Waals surface area contributed by atoms with Gasteiger partial charge < -0.3 is 4.84 Å². The van der Waals surface area contributed by atoms with Crippen molar-refractivity contribution >= 4 is 15.7 Å². The zero-order chi connectivity index (χ0) is 21.2. The summed E-state index contributed by atoms with van der Waals surface area (Å²) in [6.07, 6.45) is -2.96. The second kappa shape index (κ2) is 7.44. The van der Waals surface area contributed by atoms with Gasteiger partial charge in [-0.2, -0.15) is 28.2 Å². The highest BCUT2D eigenvalue weighted by Crippen LogP contribution is 2.35. The zero-order valence-electron chi connectivity index (χ0n) is 14.7. The Morgan fingerprint density at radius 3 is 2.38 bits per heavy atom. The van der Waals surface area contributed by atoms with Crippen LogP contribution in [0.3, 0.4) is 0 Å². The van der Waals surface area contributed by atoms with Crippen LogP contribution in [-0.2, 0) is 16.0 Å². The molecule has 0 aliphatic rings. The number of para-hydroxylation sites is 1. The monoisotopic (exact) mass is 423 g/mol. The molecule has 0 atom stereocenters. The second-order valence-corrected chi connectivity index (χ2v) is 7.75. The van der Waals surface area contributed by atoms with Crippen LogP contribution in [0, 0.1) is 11.3 Å². The first kappa shape index (κ1) is 20.2. The normalized spacial score (nSPS) is 11.7. The molecule has 0 aliphatic heterocycles. The van der Waals surface area contributed by atoms with Crippen LogP contribution in [-0.4, -0.2) is 29.4 Å². The number of anilines is 1. The number of sulfone groups is 1. The van der Waals surface area contributed by atoms with E-state index in [0.717, 1.165) is 17.1 Å². The number of halogens is 3. The standard InChI is InChI=1S/C17H12F3N5O3S/c1-29(26,27)12-7-8-14(22-10-12)25-16(24-28-11-5-3-2-4-6-11)13(9-21)15(23-25)17(18,19)20/h2-8,10,24H,1H3. The van der Waals surface area contributed by atoms with Gasteiger partial charge in [-0.1, -0.05) is 18.2 Å². The molecular formula is C17H12F3N5O3S. The topological polar surface area (TPSA) is 110 Å². The van der Waals surface area contributed by atoms with Gasteiger partial charge in [-0.3, -0.25) is 0 Å². The third-order valence-corrected chi connectivity index (χ3v) is 4.74. The molecule has 0 unspecified atom stereocenters. The minimum Gasteiger partial charge on any atom is -0.381 e. The van der Waals surface area contributed by atoms with E-state index in [1.165, 1.54) is 18.2 Å². The van der Waals surface area contributed by atoms with E-state index in [1.807, 2.05) is 0 Å².